The van der Waals surface area contributed by atoms with Gasteiger partial charge in [0.05, 0.1) is 11.7 Å². The highest BCUT2D eigenvalue weighted by Crippen LogP contribution is 2.24. The molecular weight excluding hydrogens is 288 g/mol. The second-order valence-corrected chi connectivity index (χ2v) is 6.00. The number of carbonyl (C=O) groups excluding carboxylic acids is 1. The van der Waals surface area contributed by atoms with Crippen LogP contribution in [0.2, 0.25) is 5.02 Å². The number of nitrogens with two attached hydrogens (primary N) is 1. The predicted octanol–water partition coefficient (Wildman–Crippen LogP) is 3.37. The molecule has 5 heteroatoms. The fourth-order valence-corrected chi connectivity index (χ4v) is 2.06. The highest BCUT2D eigenvalue weighted by atomic mass is 35.5. The molecule has 0 radical (unpaired) electrons. The van der Waals surface area contributed by atoms with Gasteiger partial charge in [-0.05, 0) is 44.9 Å². The molecule has 0 saturated carbocycles. The molecule has 0 aliphatic rings. The standard InChI is InChI=1S/C16H25ClN2O2/c1-5-16(18,6-2)10-19-15(20)13-9-12(17)7-8-14(13)21-11(3)4/h7-9,11H,5-6,10,18H2,1-4H3,(H,19,20). The number of nitrogens with one attached hydrogen (secondary N) is 1. The minimum Gasteiger partial charge on any atom is -0.490 e. The van der Waals surface area contributed by atoms with Crippen LogP contribution in [0.5, 0.6) is 5.75 Å². The monoisotopic (exact) mass is 312 g/mol. The van der Waals surface area contributed by atoms with Crippen molar-refractivity contribution in [1.29, 1.82) is 0 Å². The summed E-state index contributed by atoms with van der Waals surface area (Å²) in [5, 5.41) is 3.38. The number of benzene rings is 1. The van der Waals surface area contributed by atoms with E-state index in [0.29, 0.717) is 22.9 Å². The quantitative estimate of drug-likeness (QED) is 0.811. The number of amides is 1. The maximum Gasteiger partial charge on any atom is 0.255 e. The van der Waals surface area contributed by atoms with Crippen LogP contribution in [0.3, 0.4) is 0 Å². The number of rotatable bonds is 7. The van der Waals surface area contributed by atoms with E-state index in [2.05, 4.69) is 5.32 Å². The van der Waals surface area contributed by atoms with E-state index in [1.807, 2.05) is 27.7 Å². The Morgan fingerprint density at radius 3 is 2.52 bits per heavy atom. The first-order valence-electron chi connectivity index (χ1n) is 7.34. The summed E-state index contributed by atoms with van der Waals surface area (Å²) in [4.78, 5) is 12.4. The molecule has 0 fully saturated rings. The minimum atomic E-state index is -0.382. The van der Waals surface area contributed by atoms with Crippen molar-refractivity contribution >= 4 is 17.5 Å². The molecule has 0 unspecified atom stereocenters. The lowest BCUT2D eigenvalue weighted by Gasteiger charge is -2.27. The van der Waals surface area contributed by atoms with Crippen molar-refractivity contribution in [2.24, 2.45) is 5.73 Å². The van der Waals surface area contributed by atoms with Crippen LogP contribution in [0, 0.1) is 0 Å². The Bertz CT molecular complexity index is 485. The Morgan fingerprint density at radius 2 is 2.00 bits per heavy atom. The van der Waals surface area contributed by atoms with Gasteiger partial charge in [0.2, 0.25) is 0 Å². The van der Waals surface area contributed by atoms with Crippen LogP contribution in [-0.2, 0) is 0 Å². The van der Waals surface area contributed by atoms with Gasteiger partial charge in [-0.25, -0.2) is 0 Å². The Morgan fingerprint density at radius 1 is 1.38 bits per heavy atom. The fraction of sp³-hybridized carbons (Fsp3) is 0.562. The lowest BCUT2D eigenvalue weighted by molar-refractivity contribution is 0.0936. The molecule has 0 aliphatic heterocycles. The van der Waals surface area contributed by atoms with Crippen LogP contribution < -0.4 is 15.8 Å². The molecule has 4 nitrogen and oxygen atoms in total. The average molecular weight is 313 g/mol. The summed E-state index contributed by atoms with van der Waals surface area (Å²) in [6.07, 6.45) is 1.58. The van der Waals surface area contributed by atoms with E-state index in [9.17, 15) is 4.79 Å². The second-order valence-electron chi connectivity index (χ2n) is 5.56. The molecule has 0 saturated heterocycles. The van der Waals surface area contributed by atoms with Gasteiger partial charge in [0.25, 0.3) is 5.91 Å². The number of carbonyl (C=O) groups is 1. The van der Waals surface area contributed by atoms with Gasteiger partial charge in [-0.3, -0.25) is 4.79 Å². The summed E-state index contributed by atoms with van der Waals surface area (Å²) in [5.41, 5.74) is 6.25. The van der Waals surface area contributed by atoms with Gasteiger partial charge in [0, 0.05) is 17.1 Å². The molecular formula is C16H25ClN2O2. The van der Waals surface area contributed by atoms with Crippen molar-refractivity contribution in [3.63, 3.8) is 0 Å². The van der Waals surface area contributed by atoms with Crippen molar-refractivity contribution in [1.82, 2.24) is 5.32 Å². The van der Waals surface area contributed by atoms with Gasteiger partial charge >= 0.3 is 0 Å². The maximum atomic E-state index is 12.4. The van der Waals surface area contributed by atoms with Crippen LogP contribution in [0.1, 0.15) is 50.9 Å². The average Bonchev–Trinajstić information content (AvgIpc) is 2.45. The summed E-state index contributed by atoms with van der Waals surface area (Å²) in [5.74, 6) is 0.312. The summed E-state index contributed by atoms with van der Waals surface area (Å²) in [6.45, 7) is 8.28. The van der Waals surface area contributed by atoms with E-state index in [1.165, 1.54) is 0 Å². The highest BCUT2D eigenvalue weighted by molar-refractivity contribution is 6.31. The summed E-state index contributed by atoms with van der Waals surface area (Å²) < 4.78 is 5.66. The van der Waals surface area contributed by atoms with Crippen molar-refractivity contribution in [3.8, 4) is 5.75 Å². The van der Waals surface area contributed by atoms with Gasteiger partial charge in [0.15, 0.2) is 0 Å². The van der Waals surface area contributed by atoms with Crippen molar-refractivity contribution in [3.05, 3.63) is 28.8 Å². The molecule has 0 bridgehead atoms. The van der Waals surface area contributed by atoms with Crippen molar-refractivity contribution < 1.29 is 9.53 Å². The minimum absolute atomic E-state index is 0.0161. The van der Waals surface area contributed by atoms with E-state index >= 15 is 0 Å². The van der Waals surface area contributed by atoms with Gasteiger partial charge in [0.1, 0.15) is 5.75 Å². The molecule has 0 atom stereocenters. The van der Waals surface area contributed by atoms with E-state index in [-0.39, 0.29) is 17.6 Å². The zero-order valence-electron chi connectivity index (χ0n) is 13.2. The summed E-state index contributed by atoms with van der Waals surface area (Å²) in [7, 11) is 0. The van der Waals surface area contributed by atoms with E-state index in [1.54, 1.807) is 18.2 Å². The van der Waals surface area contributed by atoms with Crippen LogP contribution >= 0.6 is 11.6 Å². The molecule has 3 N–H and O–H groups in total. The Hall–Kier alpha value is -1.26. The van der Waals surface area contributed by atoms with Crippen molar-refractivity contribution in [2.75, 3.05) is 6.54 Å². The second kappa shape index (κ2) is 7.66. The molecule has 0 aromatic heterocycles. The molecule has 118 valence electrons. The number of hydrogen-bond acceptors (Lipinski definition) is 3. The number of halogens is 1. The lowest BCUT2D eigenvalue weighted by Crippen LogP contribution is -2.49. The molecule has 1 amide bonds. The predicted molar refractivity (Wildman–Crippen MR) is 87.0 cm³/mol. The Labute approximate surface area is 132 Å². The molecule has 1 rings (SSSR count). The topological polar surface area (TPSA) is 64.3 Å². The third-order valence-corrected chi connectivity index (χ3v) is 3.79. The molecule has 0 heterocycles. The Kier molecular flexibility index (Phi) is 6.49. The summed E-state index contributed by atoms with van der Waals surface area (Å²) in [6, 6.07) is 5.04. The third-order valence-electron chi connectivity index (χ3n) is 3.56. The van der Waals surface area contributed by atoms with Gasteiger partial charge < -0.3 is 15.8 Å². The molecule has 0 aliphatic carbocycles. The zero-order valence-corrected chi connectivity index (χ0v) is 14.0. The van der Waals surface area contributed by atoms with E-state index < -0.39 is 0 Å². The summed E-state index contributed by atoms with van der Waals surface area (Å²) >= 11 is 5.98. The van der Waals surface area contributed by atoms with E-state index in [4.69, 9.17) is 22.1 Å². The van der Waals surface area contributed by atoms with E-state index in [0.717, 1.165) is 12.8 Å². The van der Waals surface area contributed by atoms with Crippen molar-refractivity contribution in [2.45, 2.75) is 52.2 Å². The van der Waals surface area contributed by atoms with Crippen LogP contribution in [0.25, 0.3) is 0 Å². The van der Waals surface area contributed by atoms with Gasteiger partial charge in [-0.1, -0.05) is 25.4 Å². The number of hydrogen-bond donors (Lipinski definition) is 2. The zero-order chi connectivity index (χ0) is 16.0. The van der Waals surface area contributed by atoms with Crippen LogP contribution in [0.15, 0.2) is 18.2 Å². The molecule has 21 heavy (non-hydrogen) atoms. The smallest absolute Gasteiger partial charge is 0.255 e. The maximum absolute atomic E-state index is 12.4. The first-order chi connectivity index (χ1) is 9.81. The number of ether oxygens (including phenoxy) is 1. The normalized spacial score (nSPS) is 11.6. The first-order valence-corrected chi connectivity index (χ1v) is 7.72. The van der Waals surface area contributed by atoms with Crippen LogP contribution in [-0.4, -0.2) is 24.1 Å². The molecule has 1 aromatic carbocycles. The largest absolute Gasteiger partial charge is 0.490 e. The fourth-order valence-electron chi connectivity index (χ4n) is 1.89. The van der Waals surface area contributed by atoms with Gasteiger partial charge in [-0.2, -0.15) is 0 Å². The SMILES string of the molecule is CCC(N)(CC)CNC(=O)c1cc(Cl)ccc1OC(C)C. The third kappa shape index (κ3) is 5.21. The first kappa shape index (κ1) is 17.8. The lowest BCUT2D eigenvalue weighted by atomic mass is 9.94. The molecule has 1 aromatic rings. The highest BCUT2D eigenvalue weighted by Gasteiger charge is 2.22. The Balaban J connectivity index is 2.88. The van der Waals surface area contributed by atoms with Crippen LogP contribution in [0.4, 0.5) is 0 Å². The molecule has 0 spiro atoms. The van der Waals surface area contributed by atoms with Gasteiger partial charge in [-0.15, -0.1) is 0 Å².